The van der Waals surface area contributed by atoms with Gasteiger partial charge in [0, 0.05) is 17.4 Å². The predicted molar refractivity (Wildman–Crippen MR) is 85.9 cm³/mol. The van der Waals surface area contributed by atoms with Crippen molar-refractivity contribution in [3.05, 3.63) is 95.2 Å². The number of Topliss-reactive ketones (excluding diaryl/α,β-unsaturated/α-hetero) is 1. The third-order valence-corrected chi connectivity index (χ3v) is 4.41. The Morgan fingerprint density at radius 2 is 1.45 bits per heavy atom. The molecule has 0 heterocycles. The lowest BCUT2D eigenvalue weighted by Crippen LogP contribution is -2.29. The van der Waals surface area contributed by atoms with Crippen LogP contribution in [0.3, 0.4) is 0 Å². The van der Waals surface area contributed by atoms with Crippen molar-refractivity contribution in [1.82, 2.24) is 0 Å². The van der Waals surface area contributed by atoms with Crippen molar-refractivity contribution < 1.29 is 9.59 Å². The van der Waals surface area contributed by atoms with E-state index in [4.69, 9.17) is 0 Å². The molecule has 2 unspecified atom stereocenters. The van der Waals surface area contributed by atoms with Crippen molar-refractivity contribution in [2.24, 2.45) is 11.8 Å². The van der Waals surface area contributed by atoms with Crippen LogP contribution in [-0.2, 0) is 9.59 Å². The number of hydrogen-bond donors (Lipinski definition) is 0. The highest BCUT2D eigenvalue weighted by atomic mass is 16.2. The first-order valence-corrected chi connectivity index (χ1v) is 7.38. The fraction of sp³-hybridized carbons (Fsp3) is 0.100. The number of carbonyl (C=O) groups is 2. The van der Waals surface area contributed by atoms with Crippen LogP contribution in [0.5, 0.6) is 0 Å². The van der Waals surface area contributed by atoms with E-state index >= 15 is 0 Å². The number of rotatable bonds is 0. The van der Waals surface area contributed by atoms with Crippen LogP contribution in [0.15, 0.2) is 95.2 Å². The van der Waals surface area contributed by atoms with Gasteiger partial charge in [-0.05, 0) is 22.8 Å². The monoisotopic (exact) mass is 286 g/mol. The Labute approximate surface area is 128 Å². The third kappa shape index (κ3) is 1.88. The van der Waals surface area contributed by atoms with Crippen LogP contribution >= 0.6 is 0 Å². The maximum Gasteiger partial charge on any atom is 0.230 e. The molecule has 0 aromatic rings. The number of allylic oxidation sites excluding steroid dienone is 16. The molecule has 0 fully saturated rings. The van der Waals surface area contributed by atoms with Gasteiger partial charge >= 0.3 is 0 Å². The molecule has 0 aromatic carbocycles. The van der Waals surface area contributed by atoms with E-state index in [1.807, 2.05) is 48.6 Å². The van der Waals surface area contributed by atoms with Crippen LogP contribution in [-0.4, -0.2) is 11.6 Å². The predicted octanol–water partition coefficient (Wildman–Crippen LogP) is 3.34. The van der Waals surface area contributed by atoms with Crippen molar-refractivity contribution in [1.29, 1.82) is 0 Å². The third-order valence-electron chi connectivity index (χ3n) is 4.41. The molecule has 106 valence electrons. The molecule has 2 heteroatoms. The van der Waals surface area contributed by atoms with E-state index in [-0.39, 0.29) is 17.6 Å². The van der Waals surface area contributed by atoms with Gasteiger partial charge in [0.15, 0.2) is 0 Å². The molecule has 4 aliphatic rings. The lowest BCUT2D eigenvalue weighted by molar-refractivity contribution is -0.132. The van der Waals surface area contributed by atoms with E-state index in [9.17, 15) is 9.59 Å². The fourth-order valence-electron chi connectivity index (χ4n) is 3.38. The largest absolute Gasteiger partial charge is 0.286 e. The van der Waals surface area contributed by atoms with E-state index in [2.05, 4.69) is 18.2 Å². The Balaban J connectivity index is 1.92. The van der Waals surface area contributed by atoms with Gasteiger partial charge in [0.2, 0.25) is 11.6 Å². The first-order chi connectivity index (χ1) is 10.8. The molecule has 0 aliphatic heterocycles. The fourth-order valence-corrected chi connectivity index (χ4v) is 3.38. The SMILES string of the molecule is O=C1C=C2C=CC=CC2C(=C2C=CC=C3C=CC=CC32)C1=O. The lowest BCUT2D eigenvalue weighted by atomic mass is 9.72. The Morgan fingerprint density at radius 3 is 2.27 bits per heavy atom. The summed E-state index contributed by atoms with van der Waals surface area (Å²) >= 11 is 0. The second-order valence-corrected chi connectivity index (χ2v) is 5.68. The molecule has 0 N–H and O–H groups in total. The summed E-state index contributed by atoms with van der Waals surface area (Å²) in [6.45, 7) is 0. The van der Waals surface area contributed by atoms with Gasteiger partial charge in [-0.25, -0.2) is 0 Å². The molecule has 0 amide bonds. The highest BCUT2D eigenvalue weighted by Crippen LogP contribution is 2.39. The van der Waals surface area contributed by atoms with E-state index < -0.39 is 5.78 Å². The first kappa shape index (κ1) is 13.0. The van der Waals surface area contributed by atoms with Crippen LogP contribution in [0, 0.1) is 11.8 Å². The Morgan fingerprint density at radius 1 is 0.727 bits per heavy atom. The molecule has 0 radical (unpaired) electrons. The van der Waals surface area contributed by atoms with Gasteiger partial charge < -0.3 is 0 Å². The van der Waals surface area contributed by atoms with Gasteiger partial charge in [-0.3, -0.25) is 9.59 Å². The van der Waals surface area contributed by atoms with Crippen LogP contribution in [0.4, 0.5) is 0 Å². The Bertz CT molecular complexity index is 820. The smallest absolute Gasteiger partial charge is 0.230 e. The zero-order chi connectivity index (χ0) is 15.1. The number of ketones is 2. The van der Waals surface area contributed by atoms with E-state index in [1.165, 1.54) is 6.08 Å². The van der Waals surface area contributed by atoms with Gasteiger partial charge in [0.25, 0.3) is 0 Å². The van der Waals surface area contributed by atoms with Gasteiger partial charge in [0.1, 0.15) is 0 Å². The summed E-state index contributed by atoms with van der Waals surface area (Å²) in [7, 11) is 0. The van der Waals surface area contributed by atoms with Crippen LogP contribution in [0.1, 0.15) is 0 Å². The molecule has 0 saturated heterocycles. The Kier molecular flexibility index (Phi) is 2.90. The van der Waals surface area contributed by atoms with E-state index in [1.54, 1.807) is 0 Å². The highest BCUT2D eigenvalue weighted by Gasteiger charge is 2.35. The van der Waals surface area contributed by atoms with Gasteiger partial charge in [-0.2, -0.15) is 0 Å². The summed E-state index contributed by atoms with van der Waals surface area (Å²) in [4.78, 5) is 24.6. The van der Waals surface area contributed by atoms with Crippen molar-refractivity contribution >= 4 is 11.6 Å². The standard InChI is InChI=1S/C20H14O2/c21-18-12-14-7-2-4-10-16(14)19(20(18)22)17-11-5-8-13-6-1-3-9-15(13)17/h1-12,15-16H. The summed E-state index contributed by atoms with van der Waals surface area (Å²) in [6, 6.07) is 0. The van der Waals surface area contributed by atoms with Gasteiger partial charge in [-0.15, -0.1) is 0 Å². The number of hydrogen-bond acceptors (Lipinski definition) is 2. The maximum absolute atomic E-state index is 12.5. The average molecular weight is 286 g/mol. The summed E-state index contributed by atoms with van der Waals surface area (Å²) in [5.74, 6) is -0.861. The number of carbonyl (C=O) groups excluding carboxylic acids is 2. The molecule has 0 aromatic heterocycles. The molecule has 4 aliphatic carbocycles. The minimum Gasteiger partial charge on any atom is -0.286 e. The van der Waals surface area contributed by atoms with Crippen molar-refractivity contribution in [3.63, 3.8) is 0 Å². The molecule has 0 saturated carbocycles. The summed E-state index contributed by atoms with van der Waals surface area (Å²) < 4.78 is 0. The van der Waals surface area contributed by atoms with Crippen molar-refractivity contribution in [2.75, 3.05) is 0 Å². The Hall–Kier alpha value is -2.74. The van der Waals surface area contributed by atoms with Gasteiger partial charge in [-0.1, -0.05) is 66.8 Å². The molecule has 2 nitrogen and oxygen atoms in total. The van der Waals surface area contributed by atoms with Crippen LogP contribution in [0.2, 0.25) is 0 Å². The molecule has 2 atom stereocenters. The average Bonchev–Trinajstić information content (AvgIpc) is 2.56. The lowest BCUT2D eigenvalue weighted by Gasteiger charge is -2.29. The van der Waals surface area contributed by atoms with E-state index in [0.29, 0.717) is 5.57 Å². The van der Waals surface area contributed by atoms with Crippen LogP contribution < -0.4 is 0 Å². The summed E-state index contributed by atoms with van der Waals surface area (Å²) in [5, 5.41) is 0. The second-order valence-electron chi connectivity index (χ2n) is 5.68. The maximum atomic E-state index is 12.5. The molecule has 22 heavy (non-hydrogen) atoms. The van der Waals surface area contributed by atoms with Crippen molar-refractivity contribution in [3.8, 4) is 0 Å². The van der Waals surface area contributed by atoms with Crippen molar-refractivity contribution in [2.45, 2.75) is 0 Å². The topological polar surface area (TPSA) is 34.1 Å². The molecular formula is C20H14O2. The molecule has 4 rings (SSSR count). The minimum atomic E-state index is -0.423. The van der Waals surface area contributed by atoms with E-state index in [0.717, 1.165) is 16.7 Å². The summed E-state index contributed by atoms with van der Waals surface area (Å²) in [6.07, 6.45) is 23.3. The molecular weight excluding hydrogens is 272 g/mol. The normalized spacial score (nSPS) is 31.8. The zero-order valence-corrected chi connectivity index (χ0v) is 11.9. The first-order valence-electron chi connectivity index (χ1n) is 7.38. The zero-order valence-electron chi connectivity index (χ0n) is 11.9. The number of fused-ring (bicyclic) bond motifs is 2. The highest BCUT2D eigenvalue weighted by molar-refractivity contribution is 6.49. The van der Waals surface area contributed by atoms with Crippen LogP contribution in [0.25, 0.3) is 0 Å². The van der Waals surface area contributed by atoms with Gasteiger partial charge in [0.05, 0.1) is 0 Å². The second kappa shape index (κ2) is 4.92. The quantitative estimate of drug-likeness (QED) is 0.505. The minimum absolute atomic E-state index is 0.0559. The summed E-state index contributed by atoms with van der Waals surface area (Å²) in [5.41, 5.74) is 3.61. The molecule has 0 spiro atoms. The molecule has 0 bridgehead atoms.